The number of likely N-dealkylation sites (N-methyl/N-ethyl adjacent to an activating group) is 1. The van der Waals surface area contributed by atoms with Crippen molar-refractivity contribution in [1.82, 2.24) is 5.32 Å². The number of nitrogens with one attached hydrogen (secondary N) is 1. The third kappa shape index (κ3) is 2.50. The maximum absolute atomic E-state index is 12.4. The SMILES string of the molecule is CN[C@@H](C(=O)O)[C@@H](F)C(=O)O. The predicted octanol–water partition coefficient (Wildman–Crippen LogP) is -0.918. The molecule has 2 atom stereocenters. The van der Waals surface area contributed by atoms with E-state index in [0.29, 0.717) is 0 Å². The minimum absolute atomic E-state index is 1.17. The van der Waals surface area contributed by atoms with E-state index in [1.165, 1.54) is 7.05 Å². The zero-order valence-corrected chi connectivity index (χ0v) is 5.74. The highest BCUT2D eigenvalue weighted by Crippen LogP contribution is 1.98. The van der Waals surface area contributed by atoms with Crippen molar-refractivity contribution in [3.05, 3.63) is 0 Å². The van der Waals surface area contributed by atoms with Gasteiger partial charge in [0.2, 0.25) is 6.17 Å². The van der Waals surface area contributed by atoms with Crippen molar-refractivity contribution in [2.24, 2.45) is 0 Å². The van der Waals surface area contributed by atoms with E-state index in [4.69, 9.17) is 10.2 Å². The third-order valence-electron chi connectivity index (χ3n) is 1.11. The summed E-state index contributed by atoms with van der Waals surface area (Å²) in [5.74, 6) is -3.31. The molecule has 0 bridgehead atoms. The first-order valence-corrected chi connectivity index (χ1v) is 2.77. The van der Waals surface area contributed by atoms with Crippen LogP contribution in [0.4, 0.5) is 4.39 Å². The van der Waals surface area contributed by atoms with E-state index in [0.717, 1.165) is 0 Å². The Balaban J connectivity index is 4.25. The lowest BCUT2D eigenvalue weighted by Crippen LogP contribution is -2.45. The lowest BCUT2D eigenvalue weighted by atomic mass is 10.2. The maximum atomic E-state index is 12.4. The summed E-state index contributed by atoms with van der Waals surface area (Å²) in [6.45, 7) is 0. The Morgan fingerprint density at radius 2 is 1.82 bits per heavy atom. The summed E-state index contributed by atoms with van der Waals surface area (Å²) in [7, 11) is 1.17. The number of alkyl halides is 1. The molecule has 6 heteroatoms. The average molecular weight is 165 g/mol. The standard InChI is InChI=1S/C5H8FNO4/c1-7-3(5(10)11)2(6)4(8)9/h2-3,7H,1H3,(H,8,9)(H,10,11)/t2-,3-/m1/s1. The van der Waals surface area contributed by atoms with Crippen LogP contribution in [-0.2, 0) is 9.59 Å². The topological polar surface area (TPSA) is 86.6 Å². The van der Waals surface area contributed by atoms with Crippen LogP contribution in [0.1, 0.15) is 0 Å². The molecule has 0 aromatic carbocycles. The number of aliphatic carboxylic acids is 2. The molecule has 0 radical (unpaired) electrons. The van der Waals surface area contributed by atoms with Crippen LogP contribution < -0.4 is 5.32 Å². The molecule has 0 saturated heterocycles. The fourth-order valence-corrected chi connectivity index (χ4v) is 0.538. The molecule has 0 aromatic heterocycles. The molecule has 0 aliphatic carbocycles. The Morgan fingerprint density at radius 1 is 1.36 bits per heavy atom. The van der Waals surface area contributed by atoms with E-state index in [-0.39, 0.29) is 0 Å². The zero-order valence-electron chi connectivity index (χ0n) is 5.74. The first-order valence-electron chi connectivity index (χ1n) is 2.77. The van der Waals surface area contributed by atoms with Crippen molar-refractivity contribution in [1.29, 1.82) is 0 Å². The van der Waals surface area contributed by atoms with Gasteiger partial charge in [-0.3, -0.25) is 4.79 Å². The van der Waals surface area contributed by atoms with E-state index >= 15 is 0 Å². The molecule has 3 N–H and O–H groups in total. The Labute approximate surface area is 61.8 Å². The molecule has 64 valence electrons. The second-order valence-corrected chi connectivity index (χ2v) is 1.84. The summed E-state index contributed by atoms with van der Waals surface area (Å²) in [4.78, 5) is 20.0. The van der Waals surface area contributed by atoms with Gasteiger partial charge in [0.1, 0.15) is 6.04 Å². The maximum Gasteiger partial charge on any atom is 0.340 e. The molecule has 0 spiro atoms. The van der Waals surface area contributed by atoms with E-state index in [1.54, 1.807) is 0 Å². The van der Waals surface area contributed by atoms with Gasteiger partial charge in [-0.1, -0.05) is 0 Å². The number of halogens is 1. The van der Waals surface area contributed by atoms with Gasteiger partial charge in [0.25, 0.3) is 0 Å². The highest BCUT2D eigenvalue weighted by atomic mass is 19.1. The van der Waals surface area contributed by atoms with Gasteiger partial charge in [-0.15, -0.1) is 0 Å². The summed E-state index contributed by atoms with van der Waals surface area (Å²) in [5.41, 5.74) is 0. The lowest BCUT2D eigenvalue weighted by Gasteiger charge is -2.11. The molecule has 0 heterocycles. The van der Waals surface area contributed by atoms with Crippen molar-refractivity contribution in [2.75, 3.05) is 7.05 Å². The van der Waals surface area contributed by atoms with Gasteiger partial charge < -0.3 is 15.5 Å². The van der Waals surface area contributed by atoms with Gasteiger partial charge >= 0.3 is 11.9 Å². The van der Waals surface area contributed by atoms with Crippen molar-refractivity contribution < 1.29 is 24.2 Å². The number of carboxylic acids is 2. The number of hydrogen-bond donors (Lipinski definition) is 3. The van der Waals surface area contributed by atoms with E-state index < -0.39 is 24.2 Å². The molecular formula is C5H8FNO4. The van der Waals surface area contributed by atoms with E-state index in [9.17, 15) is 14.0 Å². The van der Waals surface area contributed by atoms with Gasteiger partial charge in [0, 0.05) is 0 Å². The van der Waals surface area contributed by atoms with Crippen LogP contribution in [0.15, 0.2) is 0 Å². The van der Waals surface area contributed by atoms with Crippen LogP contribution in [0, 0.1) is 0 Å². The van der Waals surface area contributed by atoms with Crippen molar-refractivity contribution >= 4 is 11.9 Å². The smallest absolute Gasteiger partial charge is 0.340 e. The number of hydrogen-bond acceptors (Lipinski definition) is 3. The van der Waals surface area contributed by atoms with Crippen LogP contribution in [0.5, 0.6) is 0 Å². The van der Waals surface area contributed by atoms with Gasteiger partial charge in [-0.25, -0.2) is 9.18 Å². The van der Waals surface area contributed by atoms with Crippen LogP contribution in [-0.4, -0.2) is 41.4 Å². The fourth-order valence-electron chi connectivity index (χ4n) is 0.538. The molecule has 0 aromatic rings. The van der Waals surface area contributed by atoms with E-state index in [1.807, 2.05) is 5.32 Å². The largest absolute Gasteiger partial charge is 0.480 e. The van der Waals surface area contributed by atoms with Crippen LogP contribution in [0.25, 0.3) is 0 Å². The van der Waals surface area contributed by atoms with Gasteiger partial charge in [0.15, 0.2) is 0 Å². The van der Waals surface area contributed by atoms with Crippen molar-refractivity contribution in [3.63, 3.8) is 0 Å². The zero-order chi connectivity index (χ0) is 9.02. The molecule has 0 saturated carbocycles. The minimum Gasteiger partial charge on any atom is -0.480 e. The first-order chi connectivity index (χ1) is 5.00. The summed E-state index contributed by atoms with van der Waals surface area (Å²) in [5, 5.41) is 18.3. The lowest BCUT2D eigenvalue weighted by molar-refractivity contribution is -0.151. The second-order valence-electron chi connectivity index (χ2n) is 1.84. The summed E-state index contributed by atoms with van der Waals surface area (Å²) < 4.78 is 12.4. The third-order valence-corrected chi connectivity index (χ3v) is 1.11. The molecule has 11 heavy (non-hydrogen) atoms. The summed E-state index contributed by atoms with van der Waals surface area (Å²) >= 11 is 0. The predicted molar refractivity (Wildman–Crippen MR) is 33.0 cm³/mol. The average Bonchev–Trinajstić information content (AvgIpc) is 1.88. The monoisotopic (exact) mass is 165 g/mol. The highest BCUT2D eigenvalue weighted by molar-refractivity contribution is 5.84. The summed E-state index contributed by atoms with van der Waals surface area (Å²) in [6, 6.07) is -1.69. The Bertz CT molecular complexity index is 172. The van der Waals surface area contributed by atoms with Crippen molar-refractivity contribution in [3.8, 4) is 0 Å². The quantitative estimate of drug-likeness (QED) is 0.501. The van der Waals surface area contributed by atoms with Gasteiger partial charge in [-0.05, 0) is 7.05 Å². The fraction of sp³-hybridized carbons (Fsp3) is 0.600. The Hall–Kier alpha value is -1.17. The Kier molecular flexibility index (Phi) is 3.46. The summed E-state index contributed by atoms with van der Waals surface area (Å²) in [6.07, 6.45) is -2.42. The number of carboxylic acid groups (broad SMARTS) is 2. The van der Waals surface area contributed by atoms with Crippen LogP contribution in [0.3, 0.4) is 0 Å². The van der Waals surface area contributed by atoms with Crippen LogP contribution >= 0.6 is 0 Å². The second kappa shape index (κ2) is 3.87. The highest BCUT2D eigenvalue weighted by Gasteiger charge is 2.32. The molecule has 0 rings (SSSR count). The molecule has 0 unspecified atom stereocenters. The number of rotatable bonds is 4. The normalized spacial score (nSPS) is 15.5. The van der Waals surface area contributed by atoms with Crippen molar-refractivity contribution in [2.45, 2.75) is 12.2 Å². The van der Waals surface area contributed by atoms with Gasteiger partial charge in [0.05, 0.1) is 0 Å². The van der Waals surface area contributed by atoms with E-state index in [2.05, 4.69) is 0 Å². The first kappa shape index (κ1) is 9.83. The molecule has 5 nitrogen and oxygen atoms in total. The molecular weight excluding hydrogens is 157 g/mol. The van der Waals surface area contributed by atoms with Gasteiger partial charge in [-0.2, -0.15) is 0 Å². The molecule has 0 aliphatic rings. The Morgan fingerprint density at radius 3 is 1.91 bits per heavy atom. The molecule has 0 aliphatic heterocycles. The minimum atomic E-state index is -2.42. The molecule has 0 amide bonds. The van der Waals surface area contributed by atoms with Crippen LogP contribution in [0.2, 0.25) is 0 Å². The molecule has 0 fully saturated rings. The number of carbonyl (C=O) groups is 2.